The van der Waals surface area contributed by atoms with Crippen molar-refractivity contribution in [3.05, 3.63) is 105 Å². The number of hydrogen-bond acceptors (Lipinski definition) is 3. The highest BCUT2D eigenvalue weighted by Gasteiger charge is 2.41. The zero-order valence-electron chi connectivity index (χ0n) is 20.3. The molecule has 4 nitrogen and oxygen atoms in total. The second-order valence-corrected chi connectivity index (χ2v) is 10.5. The summed E-state index contributed by atoms with van der Waals surface area (Å²) in [5.41, 5.74) is 5.56. The first-order valence-electron chi connectivity index (χ1n) is 12.4. The number of H-pyrrole nitrogens is 1. The van der Waals surface area contributed by atoms with Gasteiger partial charge in [0.15, 0.2) is 0 Å². The van der Waals surface area contributed by atoms with Crippen LogP contribution in [-0.4, -0.2) is 17.6 Å². The fraction of sp³-hybridized carbons (Fsp3) is 0.300. The number of nitriles is 1. The van der Waals surface area contributed by atoms with Crippen LogP contribution < -0.4 is 5.32 Å². The maximum absolute atomic E-state index is 13.7. The Morgan fingerprint density at radius 1 is 1.17 bits per heavy atom. The first kappa shape index (κ1) is 24.7. The van der Waals surface area contributed by atoms with E-state index < -0.39 is 5.60 Å². The number of nitrogens with zero attached hydrogens (tertiary/aromatic N) is 1. The SMILES string of the molecule is CC(CCc1c[nH]c2ccc(Br)cc12)NCCCC1(c2ccc(F)cc2)OCc2cc(C#N)ccc21. The van der Waals surface area contributed by atoms with Crippen molar-refractivity contribution in [2.24, 2.45) is 0 Å². The van der Waals surface area contributed by atoms with Gasteiger partial charge in [0.25, 0.3) is 0 Å². The van der Waals surface area contributed by atoms with E-state index in [0.717, 1.165) is 53.4 Å². The van der Waals surface area contributed by atoms with Gasteiger partial charge in [-0.05, 0) is 104 Å². The maximum atomic E-state index is 13.7. The molecule has 4 aromatic rings. The monoisotopic (exact) mass is 545 g/mol. The van der Waals surface area contributed by atoms with Crippen LogP contribution in [0.3, 0.4) is 0 Å². The van der Waals surface area contributed by atoms with Crippen LogP contribution in [0.15, 0.2) is 71.3 Å². The quantitative estimate of drug-likeness (QED) is 0.220. The Balaban J connectivity index is 1.22. The molecule has 0 amide bonds. The van der Waals surface area contributed by atoms with Gasteiger partial charge >= 0.3 is 0 Å². The molecule has 1 aliphatic heterocycles. The van der Waals surface area contributed by atoms with E-state index in [1.165, 1.54) is 28.6 Å². The van der Waals surface area contributed by atoms with Crippen molar-refractivity contribution in [1.82, 2.24) is 10.3 Å². The van der Waals surface area contributed by atoms with E-state index in [2.05, 4.69) is 63.6 Å². The molecule has 0 radical (unpaired) electrons. The third kappa shape index (κ3) is 4.97. The molecule has 36 heavy (non-hydrogen) atoms. The summed E-state index contributed by atoms with van der Waals surface area (Å²) in [6, 6.07) is 21.3. The minimum absolute atomic E-state index is 0.259. The molecule has 0 bridgehead atoms. The molecule has 2 heterocycles. The normalized spacial score (nSPS) is 17.7. The van der Waals surface area contributed by atoms with Crippen LogP contribution in [0.2, 0.25) is 0 Å². The number of nitrogens with one attached hydrogen (secondary N) is 2. The van der Waals surface area contributed by atoms with Gasteiger partial charge in [-0.1, -0.05) is 34.1 Å². The zero-order valence-corrected chi connectivity index (χ0v) is 21.9. The smallest absolute Gasteiger partial charge is 0.123 e. The van der Waals surface area contributed by atoms with Crippen molar-refractivity contribution >= 4 is 26.8 Å². The van der Waals surface area contributed by atoms with Gasteiger partial charge in [0.2, 0.25) is 0 Å². The second-order valence-electron chi connectivity index (χ2n) is 9.61. The summed E-state index contributed by atoms with van der Waals surface area (Å²) in [5, 5.41) is 14.2. The highest BCUT2D eigenvalue weighted by Crippen LogP contribution is 2.45. The van der Waals surface area contributed by atoms with E-state index in [4.69, 9.17) is 4.74 Å². The summed E-state index contributed by atoms with van der Waals surface area (Å²) >= 11 is 3.57. The van der Waals surface area contributed by atoms with E-state index in [0.29, 0.717) is 18.2 Å². The number of halogens is 2. The minimum atomic E-state index is -0.626. The van der Waals surface area contributed by atoms with E-state index in [1.807, 2.05) is 30.3 Å². The number of aromatic amines is 1. The van der Waals surface area contributed by atoms with E-state index in [9.17, 15) is 9.65 Å². The second kappa shape index (κ2) is 10.6. The standard InChI is InChI=1S/C30H29BrFN3O/c1-20(3-5-22-18-35-29-12-8-25(31)16-27(22)29)34-14-2-13-30(24-6-9-26(32)10-7-24)28-11-4-21(17-33)15-23(28)19-36-30/h4,6-12,15-16,18,20,34-35H,2-3,5,13-14,19H2,1H3. The predicted molar refractivity (Wildman–Crippen MR) is 144 cm³/mol. The highest BCUT2D eigenvalue weighted by molar-refractivity contribution is 9.10. The van der Waals surface area contributed by atoms with Gasteiger partial charge in [-0.2, -0.15) is 5.26 Å². The van der Waals surface area contributed by atoms with Crippen LogP contribution in [0.25, 0.3) is 10.9 Å². The minimum Gasteiger partial charge on any atom is -0.361 e. The van der Waals surface area contributed by atoms with Gasteiger partial charge in [-0.3, -0.25) is 0 Å². The third-order valence-corrected chi connectivity index (χ3v) is 7.72. The average molecular weight is 546 g/mol. The molecule has 1 aromatic heterocycles. The van der Waals surface area contributed by atoms with Gasteiger partial charge in [0.05, 0.1) is 18.2 Å². The molecular formula is C30H29BrFN3O. The van der Waals surface area contributed by atoms with Crippen LogP contribution >= 0.6 is 15.9 Å². The highest BCUT2D eigenvalue weighted by atomic mass is 79.9. The van der Waals surface area contributed by atoms with Crippen molar-refractivity contribution < 1.29 is 9.13 Å². The number of hydrogen-bond donors (Lipinski definition) is 2. The number of ether oxygens (including phenoxy) is 1. The van der Waals surface area contributed by atoms with Gasteiger partial charge in [0, 0.05) is 27.6 Å². The lowest BCUT2D eigenvalue weighted by Crippen LogP contribution is -2.31. The topological polar surface area (TPSA) is 60.8 Å². The summed E-state index contributed by atoms with van der Waals surface area (Å²) in [6.45, 7) is 3.54. The van der Waals surface area contributed by atoms with Crippen LogP contribution in [0.1, 0.15) is 54.0 Å². The van der Waals surface area contributed by atoms with Crippen molar-refractivity contribution in [2.75, 3.05) is 6.54 Å². The first-order valence-corrected chi connectivity index (χ1v) is 13.2. The summed E-state index contributed by atoms with van der Waals surface area (Å²) < 4.78 is 21.2. The number of benzene rings is 3. The molecule has 2 unspecified atom stereocenters. The van der Waals surface area contributed by atoms with Crippen LogP contribution in [-0.2, 0) is 23.4 Å². The first-order chi connectivity index (χ1) is 17.5. The summed E-state index contributed by atoms with van der Waals surface area (Å²) in [4.78, 5) is 3.36. The lowest BCUT2D eigenvalue weighted by Gasteiger charge is -2.31. The van der Waals surface area contributed by atoms with E-state index in [-0.39, 0.29) is 5.82 Å². The molecule has 2 N–H and O–H groups in total. The molecule has 0 aliphatic carbocycles. The Morgan fingerprint density at radius 3 is 2.81 bits per heavy atom. The predicted octanol–water partition coefficient (Wildman–Crippen LogP) is 7.11. The molecule has 0 spiro atoms. The zero-order chi connectivity index (χ0) is 25.1. The van der Waals surface area contributed by atoms with Crippen molar-refractivity contribution in [3.8, 4) is 6.07 Å². The fourth-order valence-corrected chi connectivity index (χ4v) is 5.64. The molecule has 3 aromatic carbocycles. The Hall–Kier alpha value is -2.98. The summed E-state index contributed by atoms with van der Waals surface area (Å²) in [5.74, 6) is -0.259. The van der Waals surface area contributed by atoms with Gasteiger partial charge in [-0.25, -0.2) is 4.39 Å². The molecule has 2 atom stereocenters. The number of rotatable bonds is 9. The van der Waals surface area contributed by atoms with Crippen molar-refractivity contribution in [2.45, 2.75) is 50.9 Å². The lowest BCUT2D eigenvalue weighted by molar-refractivity contribution is -0.0130. The van der Waals surface area contributed by atoms with Crippen molar-refractivity contribution in [3.63, 3.8) is 0 Å². The van der Waals surface area contributed by atoms with Crippen LogP contribution in [0.5, 0.6) is 0 Å². The molecule has 0 saturated carbocycles. The van der Waals surface area contributed by atoms with Crippen LogP contribution in [0.4, 0.5) is 4.39 Å². The van der Waals surface area contributed by atoms with Gasteiger partial charge in [0.1, 0.15) is 11.4 Å². The Labute approximate surface area is 219 Å². The molecule has 0 fully saturated rings. The van der Waals surface area contributed by atoms with Crippen molar-refractivity contribution in [1.29, 1.82) is 5.26 Å². The number of aryl methyl sites for hydroxylation is 1. The Bertz CT molecular complexity index is 1410. The number of fused-ring (bicyclic) bond motifs is 2. The van der Waals surface area contributed by atoms with E-state index in [1.54, 1.807) is 0 Å². The van der Waals surface area contributed by atoms with Gasteiger partial charge < -0.3 is 15.0 Å². The molecule has 1 aliphatic rings. The Morgan fingerprint density at radius 2 is 2.00 bits per heavy atom. The molecule has 184 valence electrons. The van der Waals surface area contributed by atoms with E-state index >= 15 is 0 Å². The average Bonchev–Trinajstić information content (AvgIpc) is 3.47. The maximum Gasteiger partial charge on any atom is 0.123 e. The molecule has 0 saturated heterocycles. The van der Waals surface area contributed by atoms with Gasteiger partial charge in [-0.15, -0.1) is 0 Å². The number of aromatic nitrogens is 1. The summed E-state index contributed by atoms with van der Waals surface area (Å²) in [7, 11) is 0. The Kier molecular flexibility index (Phi) is 7.25. The lowest BCUT2D eigenvalue weighted by atomic mass is 9.81. The molecule has 6 heteroatoms. The van der Waals surface area contributed by atoms with Crippen LogP contribution in [0, 0.1) is 17.1 Å². The fourth-order valence-electron chi connectivity index (χ4n) is 5.28. The summed E-state index contributed by atoms with van der Waals surface area (Å²) in [6.07, 6.45) is 5.83. The largest absolute Gasteiger partial charge is 0.361 e. The third-order valence-electron chi connectivity index (χ3n) is 7.23. The molecule has 5 rings (SSSR count). The molecular weight excluding hydrogens is 517 g/mol.